The van der Waals surface area contributed by atoms with Gasteiger partial charge in [-0.3, -0.25) is 4.98 Å². The zero-order valence-corrected chi connectivity index (χ0v) is 10.9. The molecule has 98 valence electrons. The second-order valence-corrected chi connectivity index (χ2v) is 3.89. The Morgan fingerprint density at radius 1 is 1.26 bits per heavy atom. The van der Waals surface area contributed by atoms with Gasteiger partial charge in [-0.25, -0.2) is 0 Å². The van der Waals surface area contributed by atoms with Crippen LogP contribution in [0.1, 0.15) is 19.4 Å². The quantitative estimate of drug-likeness (QED) is 0.851. The van der Waals surface area contributed by atoms with Crippen molar-refractivity contribution >= 4 is 16.6 Å². The molecule has 0 aliphatic carbocycles. The Balaban J connectivity index is 2.68. The van der Waals surface area contributed by atoms with Crippen LogP contribution in [0, 0.1) is 11.3 Å². The van der Waals surface area contributed by atoms with Crippen LogP contribution in [0.4, 0.5) is 5.69 Å². The van der Waals surface area contributed by atoms with Gasteiger partial charge in [-0.15, -0.1) is 0 Å². The van der Waals surface area contributed by atoms with E-state index in [1.807, 2.05) is 13.8 Å². The van der Waals surface area contributed by atoms with Gasteiger partial charge in [0.25, 0.3) is 0 Å². The third-order valence-electron chi connectivity index (χ3n) is 2.66. The van der Waals surface area contributed by atoms with Gasteiger partial charge >= 0.3 is 0 Å². The van der Waals surface area contributed by atoms with Crippen LogP contribution in [-0.4, -0.2) is 18.2 Å². The Labute approximate surface area is 111 Å². The molecule has 2 aromatic rings. The molecule has 2 rings (SSSR count). The summed E-state index contributed by atoms with van der Waals surface area (Å²) in [5.41, 5.74) is 7.54. The van der Waals surface area contributed by atoms with E-state index in [2.05, 4.69) is 11.1 Å². The van der Waals surface area contributed by atoms with Crippen molar-refractivity contribution in [2.75, 3.05) is 18.9 Å². The van der Waals surface area contributed by atoms with Crippen molar-refractivity contribution in [2.24, 2.45) is 0 Å². The normalized spacial score (nSPS) is 10.2. The number of hydrogen-bond acceptors (Lipinski definition) is 5. The number of pyridine rings is 1. The van der Waals surface area contributed by atoms with Crippen LogP contribution < -0.4 is 15.2 Å². The smallest absolute Gasteiger partial charge is 0.148 e. The van der Waals surface area contributed by atoms with E-state index in [-0.39, 0.29) is 0 Å². The molecule has 0 radical (unpaired) electrons. The number of aromatic nitrogens is 1. The summed E-state index contributed by atoms with van der Waals surface area (Å²) in [6, 6.07) is 5.57. The number of nitrogens with two attached hydrogens (primary N) is 1. The molecule has 1 aromatic carbocycles. The van der Waals surface area contributed by atoms with Gasteiger partial charge in [-0.05, 0) is 19.9 Å². The third-order valence-corrected chi connectivity index (χ3v) is 2.66. The summed E-state index contributed by atoms with van der Waals surface area (Å²) in [5.74, 6) is 1.11. The van der Waals surface area contributed by atoms with Crippen molar-refractivity contribution in [3.8, 4) is 17.6 Å². The maximum atomic E-state index is 9.09. The van der Waals surface area contributed by atoms with Crippen LogP contribution in [0.3, 0.4) is 0 Å². The first-order valence-corrected chi connectivity index (χ1v) is 6.09. The van der Waals surface area contributed by atoms with E-state index in [4.69, 9.17) is 20.5 Å². The summed E-state index contributed by atoms with van der Waals surface area (Å²) >= 11 is 0. The van der Waals surface area contributed by atoms with Crippen molar-refractivity contribution in [1.29, 1.82) is 5.26 Å². The number of benzene rings is 1. The number of anilines is 1. The molecule has 0 amide bonds. The summed E-state index contributed by atoms with van der Waals surface area (Å²) in [6.45, 7) is 4.76. The minimum absolute atomic E-state index is 0.401. The van der Waals surface area contributed by atoms with E-state index in [1.165, 1.54) is 6.20 Å². The number of nitrogen functional groups attached to an aromatic ring is 1. The van der Waals surface area contributed by atoms with E-state index < -0.39 is 0 Å². The molecule has 1 aromatic heterocycles. The van der Waals surface area contributed by atoms with Gasteiger partial charge < -0.3 is 15.2 Å². The molecule has 2 N–H and O–H groups in total. The molecule has 0 aliphatic rings. The second kappa shape index (κ2) is 5.44. The van der Waals surface area contributed by atoms with Gasteiger partial charge in [-0.1, -0.05) is 0 Å². The van der Waals surface area contributed by atoms with Crippen molar-refractivity contribution in [3.05, 3.63) is 23.9 Å². The molecule has 5 nitrogen and oxygen atoms in total. The highest BCUT2D eigenvalue weighted by Gasteiger charge is 2.12. The lowest BCUT2D eigenvalue weighted by Crippen LogP contribution is -2.00. The van der Waals surface area contributed by atoms with Gasteiger partial charge in [0.15, 0.2) is 0 Å². The maximum absolute atomic E-state index is 9.09. The fourth-order valence-corrected chi connectivity index (χ4v) is 1.87. The van der Waals surface area contributed by atoms with Crippen molar-refractivity contribution in [2.45, 2.75) is 13.8 Å². The van der Waals surface area contributed by atoms with Crippen LogP contribution in [0.25, 0.3) is 10.9 Å². The summed E-state index contributed by atoms with van der Waals surface area (Å²) in [6.07, 6.45) is 1.50. The lowest BCUT2D eigenvalue weighted by Gasteiger charge is -2.12. The molecule has 1 heterocycles. The zero-order valence-electron chi connectivity index (χ0n) is 10.9. The van der Waals surface area contributed by atoms with Crippen LogP contribution in [0.2, 0.25) is 0 Å². The molecule has 19 heavy (non-hydrogen) atoms. The predicted octanol–water partition coefficient (Wildman–Crippen LogP) is 2.49. The van der Waals surface area contributed by atoms with Crippen LogP contribution in [-0.2, 0) is 0 Å². The fraction of sp³-hybridized carbons (Fsp3) is 0.286. The predicted molar refractivity (Wildman–Crippen MR) is 73.2 cm³/mol. The van der Waals surface area contributed by atoms with Crippen molar-refractivity contribution < 1.29 is 9.47 Å². The largest absolute Gasteiger partial charge is 0.492 e. The lowest BCUT2D eigenvalue weighted by molar-refractivity contribution is 0.341. The third kappa shape index (κ3) is 2.38. The molecule has 0 fully saturated rings. The van der Waals surface area contributed by atoms with E-state index in [1.54, 1.807) is 12.1 Å². The summed E-state index contributed by atoms with van der Waals surface area (Å²) in [4.78, 5) is 4.24. The van der Waals surface area contributed by atoms with E-state index in [9.17, 15) is 0 Å². The summed E-state index contributed by atoms with van der Waals surface area (Å²) < 4.78 is 11.0. The standard InChI is InChI=1S/C14H15N3O2/c1-3-18-13-6-12-10(5-11(13)16)14(19-4-2)9(7-15)8-17-12/h5-6,8H,3-4,16H2,1-2H3. The molecule has 0 atom stereocenters. The van der Waals surface area contributed by atoms with Crippen LogP contribution in [0.5, 0.6) is 11.5 Å². The first kappa shape index (κ1) is 13.0. The molecule has 0 aliphatic heterocycles. The Kier molecular flexibility index (Phi) is 3.71. The Morgan fingerprint density at radius 3 is 2.63 bits per heavy atom. The molecular weight excluding hydrogens is 242 g/mol. The first-order chi connectivity index (χ1) is 9.21. The molecule has 0 bridgehead atoms. The minimum atomic E-state index is 0.401. The average Bonchev–Trinajstić information content (AvgIpc) is 2.41. The summed E-state index contributed by atoms with van der Waals surface area (Å²) in [5, 5.41) is 9.81. The topological polar surface area (TPSA) is 81.2 Å². The van der Waals surface area contributed by atoms with Crippen molar-refractivity contribution in [1.82, 2.24) is 4.98 Å². The number of nitriles is 1. The number of hydrogen-bond donors (Lipinski definition) is 1. The van der Waals surface area contributed by atoms with E-state index in [0.717, 1.165) is 5.39 Å². The molecule has 0 unspecified atom stereocenters. The Bertz CT molecular complexity index is 647. The highest BCUT2D eigenvalue weighted by Crippen LogP contribution is 2.34. The van der Waals surface area contributed by atoms with Crippen molar-refractivity contribution in [3.63, 3.8) is 0 Å². The van der Waals surface area contributed by atoms with Gasteiger partial charge in [-0.2, -0.15) is 5.26 Å². The van der Waals surface area contributed by atoms with Gasteiger partial charge in [0.05, 0.1) is 24.4 Å². The van der Waals surface area contributed by atoms with Crippen LogP contribution in [0.15, 0.2) is 18.3 Å². The Hall–Kier alpha value is -2.48. The van der Waals surface area contributed by atoms with Gasteiger partial charge in [0, 0.05) is 17.6 Å². The maximum Gasteiger partial charge on any atom is 0.148 e. The van der Waals surface area contributed by atoms with E-state index >= 15 is 0 Å². The highest BCUT2D eigenvalue weighted by atomic mass is 16.5. The molecule has 0 spiro atoms. The molecule has 5 heteroatoms. The number of rotatable bonds is 4. The average molecular weight is 257 g/mol. The first-order valence-electron chi connectivity index (χ1n) is 6.09. The lowest BCUT2D eigenvalue weighted by atomic mass is 10.1. The molecular formula is C14H15N3O2. The van der Waals surface area contributed by atoms with Crippen LogP contribution >= 0.6 is 0 Å². The minimum Gasteiger partial charge on any atom is -0.492 e. The van der Waals surface area contributed by atoms with Gasteiger partial charge in [0.2, 0.25) is 0 Å². The highest BCUT2D eigenvalue weighted by molar-refractivity contribution is 5.91. The zero-order chi connectivity index (χ0) is 13.8. The van der Waals surface area contributed by atoms with E-state index in [0.29, 0.717) is 41.5 Å². The number of ether oxygens (including phenoxy) is 2. The molecule has 0 saturated carbocycles. The summed E-state index contributed by atoms with van der Waals surface area (Å²) in [7, 11) is 0. The monoisotopic (exact) mass is 257 g/mol. The number of fused-ring (bicyclic) bond motifs is 1. The number of nitrogens with zero attached hydrogens (tertiary/aromatic N) is 2. The Morgan fingerprint density at radius 2 is 2.00 bits per heavy atom. The SMILES string of the molecule is CCOc1cc2ncc(C#N)c(OCC)c2cc1N. The van der Waals surface area contributed by atoms with Gasteiger partial charge in [0.1, 0.15) is 23.1 Å². The molecule has 0 saturated heterocycles. The fourth-order valence-electron chi connectivity index (χ4n) is 1.87. The second-order valence-electron chi connectivity index (χ2n) is 3.89.